The molecule has 0 unspecified atom stereocenters. The van der Waals surface area contributed by atoms with Crippen LogP contribution in [0.4, 0.5) is 0 Å². The van der Waals surface area contributed by atoms with Crippen LogP contribution in [-0.2, 0) is 4.79 Å². The van der Waals surface area contributed by atoms with E-state index in [0.29, 0.717) is 37.4 Å². The Morgan fingerprint density at radius 2 is 1.71 bits per heavy atom. The molecule has 28 heavy (non-hydrogen) atoms. The summed E-state index contributed by atoms with van der Waals surface area (Å²) in [5.74, 6) is 0.249. The third-order valence-corrected chi connectivity index (χ3v) is 6.34. The highest BCUT2D eigenvalue weighted by Gasteiger charge is 2.29. The second kappa shape index (κ2) is 7.91. The highest BCUT2D eigenvalue weighted by atomic mass is 16.4. The quantitative estimate of drug-likeness (QED) is 0.846. The van der Waals surface area contributed by atoms with Crippen LogP contribution in [0, 0.1) is 12.8 Å². The summed E-state index contributed by atoms with van der Waals surface area (Å²) in [6.07, 6.45) is 4.93. The van der Waals surface area contributed by atoms with Crippen LogP contribution in [0.3, 0.4) is 0 Å². The van der Waals surface area contributed by atoms with E-state index in [1.165, 1.54) is 10.2 Å². The molecule has 2 heterocycles. The smallest absolute Gasteiger partial charge is 0.350 e. The first-order valence-corrected chi connectivity index (χ1v) is 10.3. The number of benzene rings is 1. The second-order valence-corrected chi connectivity index (χ2v) is 8.07. The molecule has 0 bridgehead atoms. The van der Waals surface area contributed by atoms with E-state index in [-0.39, 0.29) is 17.6 Å². The van der Waals surface area contributed by atoms with Gasteiger partial charge in [-0.1, -0.05) is 12.1 Å². The normalized spacial score (nSPS) is 23.6. The fourth-order valence-corrected chi connectivity index (χ4v) is 4.69. The van der Waals surface area contributed by atoms with Crippen molar-refractivity contribution in [1.82, 2.24) is 19.7 Å². The van der Waals surface area contributed by atoms with Crippen molar-refractivity contribution in [1.29, 1.82) is 0 Å². The van der Waals surface area contributed by atoms with E-state index in [2.05, 4.69) is 22.5 Å². The predicted octanol–water partition coefficient (Wildman–Crippen LogP) is 2.63. The van der Waals surface area contributed by atoms with Crippen molar-refractivity contribution in [3.63, 3.8) is 0 Å². The summed E-state index contributed by atoms with van der Waals surface area (Å²) < 4.78 is 3.23. The number of nitrogens with one attached hydrogen (secondary N) is 1. The van der Waals surface area contributed by atoms with Crippen molar-refractivity contribution in [2.24, 2.45) is 5.92 Å². The lowest BCUT2D eigenvalue weighted by Crippen LogP contribution is -2.31. The van der Waals surface area contributed by atoms with E-state index in [4.69, 9.17) is 0 Å². The maximum Gasteiger partial charge on any atom is 0.350 e. The van der Waals surface area contributed by atoms with Gasteiger partial charge in [-0.25, -0.2) is 4.79 Å². The minimum absolute atomic E-state index is 0.0332. The molecule has 1 saturated carbocycles. The highest BCUT2D eigenvalue weighted by molar-refractivity contribution is 5.70. The molecule has 0 atom stereocenters. The summed E-state index contributed by atoms with van der Waals surface area (Å²) in [4.78, 5) is 24.2. The van der Waals surface area contributed by atoms with Crippen molar-refractivity contribution in [3.8, 4) is 5.69 Å². The molecule has 1 aromatic carbocycles. The lowest BCUT2D eigenvalue weighted by Gasteiger charge is -2.26. The van der Waals surface area contributed by atoms with Crippen LogP contribution in [0.2, 0.25) is 0 Å². The van der Waals surface area contributed by atoms with Gasteiger partial charge in [-0.05, 0) is 82.2 Å². The zero-order valence-corrected chi connectivity index (χ0v) is 16.3. The van der Waals surface area contributed by atoms with Crippen LogP contribution >= 0.6 is 0 Å². The van der Waals surface area contributed by atoms with Crippen molar-refractivity contribution >= 4 is 5.97 Å². The Morgan fingerprint density at radius 3 is 2.32 bits per heavy atom. The maximum absolute atomic E-state index is 13.0. The highest BCUT2D eigenvalue weighted by Crippen LogP contribution is 2.32. The molecule has 1 aromatic heterocycles. The minimum Gasteiger partial charge on any atom is -0.481 e. The Hall–Kier alpha value is -2.41. The Morgan fingerprint density at radius 1 is 1.07 bits per heavy atom. The number of carboxylic acid groups (broad SMARTS) is 1. The lowest BCUT2D eigenvalue weighted by atomic mass is 9.86. The molecule has 0 spiro atoms. The van der Waals surface area contributed by atoms with Gasteiger partial charge in [-0.15, -0.1) is 0 Å². The van der Waals surface area contributed by atoms with Crippen LogP contribution in [0.25, 0.3) is 5.69 Å². The Labute approximate surface area is 164 Å². The number of piperidine rings is 1. The fourth-order valence-electron chi connectivity index (χ4n) is 4.69. The number of aliphatic carboxylic acids is 1. The summed E-state index contributed by atoms with van der Waals surface area (Å²) in [5.41, 5.74) is 1.97. The average molecular weight is 384 g/mol. The van der Waals surface area contributed by atoms with Gasteiger partial charge in [-0.2, -0.15) is 9.78 Å². The van der Waals surface area contributed by atoms with Crippen molar-refractivity contribution in [3.05, 3.63) is 46.1 Å². The van der Waals surface area contributed by atoms with E-state index in [9.17, 15) is 14.7 Å². The fraction of sp³-hybridized carbons (Fsp3) is 0.571. The van der Waals surface area contributed by atoms with Crippen molar-refractivity contribution in [2.75, 3.05) is 13.1 Å². The first-order chi connectivity index (χ1) is 13.5. The molecule has 0 amide bonds. The number of aromatic nitrogens is 3. The SMILES string of the molecule is Cc1nn(-c2ccc(C3CCNCC3)cc2)c(=O)n1C1CCC(C(=O)O)CC1. The second-order valence-electron chi connectivity index (χ2n) is 8.07. The van der Waals surface area contributed by atoms with E-state index in [0.717, 1.165) is 31.6 Å². The molecule has 1 aliphatic carbocycles. The van der Waals surface area contributed by atoms with E-state index >= 15 is 0 Å². The van der Waals surface area contributed by atoms with Crippen LogP contribution in [0.5, 0.6) is 0 Å². The minimum atomic E-state index is -0.730. The summed E-state index contributed by atoms with van der Waals surface area (Å²) in [6.45, 7) is 3.96. The molecule has 7 nitrogen and oxygen atoms in total. The monoisotopic (exact) mass is 384 g/mol. The number of aryl methyl sites for hydroxylation is 1. The molecule has 2 aliphatic rings. The van der Waals surface area contributed by atoms with Gasteiger partial charge in [-0.3, -0.25) is 9.36 Å². The summed E-state index contributed by atoms with van der Waals surface area (Å²) in [5, 5.41) is 17.1. The number of nitrogens with zero attached hydrogens (tertiary/aromatic N) is 3. The number of carboxylic acids is 1. The third kappa shape index (κ3) is 3.63. The summed E-state index contributed by atoms with van der Waals surface area (Å²) in [6, 6.07) is 8.23. The van der Waals surface area contributed by atoms with Gasteiger partial charge in [0, 0.05) is 6.04 Å². The standard InChI is InChI=1S/C21H28N4O3/c1-14-23-25(19-8-2-15(3-9-19)16-10-12-22-13-11-16)21(28)24(14)18-6-4-17(5-7-18)20(26)27/h2-3,8-9,16-18,22H,4-7,10-13H2,1H3,(H,26,27). The van der Waals surface area contributed by atoms with E-state index < -0.39 is 5.97 Å². The van der Waals surface area contributed by atoms with Crippen LogP contribution in [0.15, 0.2) is 29.1 Å². The van der Waals surface area contributed by atoms with Gasteiger partial charge >= 0.3 is 11.7 Å². The van der Waals surface area contributed by atoms with Gasteiger partial charge in [0.1, 0.15) is 5.82 Å². The first kappa shape index (κ1) is 18.9. The number of carbonyl (C=O) groups is 1. The molecular formula is C21H28N4O3. The Bertz CT molecular complexity index is 885. The number of rotatable bonds is 4. The topological polar surface area (TPSA) is 89.2 Å². The molecule has 1 aliphatic heterocycles. The molecule has 7 heteroatoms. The lowest BCUT2D eigenvalue weighted by molar-refractivity contribution is -0.143. The Balaban J connectivity index is 1.54. The van der Waals surface area contributed by atoms with Gasteiger partial charge in [0.15, 0.2) is 0 Å². The zero-order chi connectivity index (χ0) is 19.7. The van der Waals surface area contributed by atoms with Gasteiger partial charge in [0.25, 0.3) is 0 Å². The molecule has 2 fully saturated rings. The molecule has 2 aromatic rings. The average Bonchev–Trinajstić information content (AvgIpc) is 3.03. The third-order valence-electron chi connectivity index (χ3n) is 6.34. The van der Waals surface area contributed by atoms with E-state index in [1.807, 2.05) is 19.1 Å². The predicted molar refractivity (Wildman–Crippen MR) is 106 cm³/mol. The van der Waals surface area contributed by atoms with Gasteiger partial charge in [0.05, 0.1) is 11.6 Å². The molecule has 1 saturated heterocycles. The maximum atomic E-state index is 13.0. The molecule has 4 rings (SSSR count). The summed E-state index contributed by atoms with van der Waals surface area (Å²) >= 11 is 0. The molecule has 2 N–H and O–H groups in total. The zero-order valence-electron chi connectivity index (χ0n) is 16.3. The number of hydrogen-bond acceptors (Lipinski definition) is 4. The number of hydrogen-bond donors (Lipinski definition) is 2. The van der Waals surface area contributed by atoms with Crippen molar-refractivity contribution in [2.45, 2.75) is 57.4 Å². The molecule has 0 radical (unpaired) electrons. The molecular weight excluding hydrogens is 356 g/mol. The van der Waals surface area contributed by atoms with Gasteiger partial charge in [0.2, 0.25) is 0 Å². The van der Waals surface area contributed by atoms with Gasteiger partial charge < -0.3 is 10.4 Å². The molecule has 150 valence electrons. The van der Waals surface area contributed by atoms with Crippen LogP contribution < -0.4 is 11.0 Å². The van der Waals surface area contributed by atoms with Crippen LogP contribution in [0.1, 0.15) is 61.9 Å². The Kier molecular flexibility index (Phi) is 5.35. The largest absolute Gasteiger partial charge is 0.481 e. The van der Waals surface area contributed by atoms with Crippen LogP contribution in [-0.4, -0.2) is 38.5 Å². The first-order valence-electron chi connectivity index (χ1n) is 10.3. The van der Waals surface area contributed by atoms with Crippen molar-refractivity contribution < 1.29 is 9.90 Å². The summed E-state index contributed by atoms with van der Waals surface area (Å²) in [7, 11) is 0. The van der Waals surface area contributed by atoms with E-state index in [1.54, 1.807) is 4.57 Å².